The number of esters is 1. The third-order valence-electron chi connectivity index (χ3n) is 3.30. The van der Waals surface area contributed by atoms with Crippen LogP contribution in [0.3, 0.4) is 0 Å². The molecule has 0 radical (unpaired) electrons. The van der Waals surface area contributed by atoms with Crippen LogP contribution >= 0.6 is 35.0 Å². The molecule has 9 nitrogen and oxygen atoms in total. The Hall–Kier alpha value is -2.69. The van der Waals surface area contributed by atoms with Crippen molar-refractivity contribution in [3.63, 3.8) is 0 Å². The minimum Gasteiger partial charge on any atom is -0.421 e. The molecule has 0 saturated carbocycles. The van der Waals surface area contributed by atoms with Gasteiger partial charge in [-0.3, -0.25) is 10.1 Å². The summed E-state index contributed by atoms with van der Waals surface area (Å²) in [5, 5.41) is 22.8. The molecule has 0 fully saturated rings. The predicted molar refractivity (Wildman–Crippen MR) is 97.4 cm³/mol. The SMILES string of the molecule is Cn1nnnc1Sc1ccc([N+](=O)[O-])cc1C(=O)Oc1cccc(Cl)c1Cl. The maximum Gasteiger partial charge on any atom is 0.344 e. The highest BCUT2D eigenvalue weighted by Crippen LogP contribution is 2.34. The molecule has 0 saturated heterocycles. The number of carbonyl (C=O) groups is 1. The molecule has 0 aliphatic carbocycles. The molecule has 0 unspecified atom stereocenters. The maximum absolute atomic E-state index is 12.7. The van der Waals surface area contributed by atoms with E-state index in [0.29, 0.717) is 10.1 Å². The largest absolute Gasteiger partial charge is 0.421 e. The number of tetrazole rings is 1. The molecule has 0 aliphatic heterocycles. The number of nitro groups is 1. The van der Waals surface area contributed by atoms with Crippen LogP contribution in [-0.2, 0) is 7.05 Å². The second-order valence-electron chi connectivity index (χ2n) is 5.07. The van der Waals surface area contributed by atoms with Crippen molar-refractivity contribution in [1.82, 2.24) is 20.2 Å². The molecule has 138 valence electrons. The van der Waals surface area contributed by atoms with Crippen molar-refractivity contribution in [3.8, 4) is 5.75 Å². The van der Waals surface area contributed by atoms with Crippen LogP contribution in [0.25, 0.3) is 0 Å². The number of benzene rings is 2. The molecule has 27 heavy (non-hydrogen) atoms. The van der Waals surface area contributed by atoms with E-state index in [9.17, 15) is 14.9 Å². The molecular weight excluding hydrogens is 417 g/mol. The van der Waals surface area contributed by atoms with Crippen molar-refractivity contribution in [2.45, 2.75) is 10.1 Å². The lowest BCUT2D eigenvalue weighted by Crippen LogP contribution is -2.11. The molecule has 1 aromatic heterocycles. The Kier molecular flexibility index (Phi) is 5.59. The topological polar surface area (TPSA) is 113 Å². The van der Waals surface area contributed by atoms with Crippen molar-refractivity contribution in [2.24, 2.45) is 7.05 Å². The number of carbonyl (C=O) groups excluding carboxylic acids is 1. The van der Waals surface area contributed by atoms with Gasteiger partial charge in [0.1, 0.15) is 5.02 Å². The fourth-order valence-electron chi connectivity index (χ4n) is 2.00. The van der Waals surface area contributed by atoms with Crippen LogP contribution in [0.4, 0.5) is 5.69 Å². The van der Waals surface area contributed by atoms with Crippen LogP contribution in [0.1, 0.15) is 10.4 Å². The molecule has 2 aromatic carbocycles. The minimum absolute atomic E-state index is 0.0340. The Morgan fingerprint density at radius 3 is 2.74 bits per heavy atom. The highest BCUT2D eigenvalue weighted by molar-refractivity contribution is 7.99. The first-order valence-electron chi connectivity index (χ1n) is 7.21. The monoisotopic (exact) mass is 425 g/mol. The number of rotatable bonds is 5. The van der Waals surface area contributed by atoms with E-state index in [4.69, 9.17) is 27.9 Å². The van der Waals surface area contributed by atoms with Gasteiger partial charge in [0, 0.05) is 24.1 Å². The van der Waals surface area contributed by atoms with E-state index in [2.05, 4.69) is 15.5 Å². The lowest BCUT2D eigenvalue weighted by atomic mass is 10.2. The molecule has 0 amide bonds. The highest BCUT2D eigenvalue weighted by Gasteiger charge is 2.22. The summed E-state index contributed by atoms with van der Waals surface area (Å²) in [6.45, 7) is 0. The van der Waals surface area contributed by atoms with E-state index in [1.165, 1.54) is 28.9 Å². The number of non-ortho nitro benzene ring substituents is 1. The summed E-state index contributed by atoms with van der Waals surface area (Å²) in [5.74, 6) is -0.794. The van der Waals surface area contributed by atoms with Gasteiger partial charge in [0.15, 0.2) is 5.75 Å². The third-order valence-corrected chi connectivity index (χ3v) is 5.20. The van der Waals surface area contributed by atoms with Crippen molar-refractivity contribution in [3.05, 3.63) is 62.1 Å². The van der Waals surface area contributed by atoms with Crippen molar-refractivity contribution in [2.75, 3.05) is 0 Å². The maximum atomic E-state index is 12.7. The molecule has 3 aromatic rings. The van der Waals surface area contributed by atoms with E-state index < -0.39 is 10.9 Å². The lowest BCUT2D eigenvalue weighted by Gasteiger charge is -2.10. The normalized spacial score (nSPS) is 10.6. The second-order valence-corrected chi connectivity index (χ2v) is 6.86. The Bertz CT molecular complexity index is 1040. The van der Waals surface area contributed by atoms with Crippen LogP contribution in [0.15, 0.2) is 46.5 Å². The van der Waals surface area contributed by atoms with Crippen LogP contribution in [0, 0.1) is 10.1 Å². The molecule has 1 heterocycles. The minimum atomic E-state index is -0.833. The first-order valence-corrected chi connectivity index (χ1v) is 8.79. The summed E-state index contributed by atoms with van der Waals surface area (Å²) in [7, 11) is 1.62. The number of hydrogen-bond acceptors (Lipinski definition) is 8. The molecule has 3 rings (SSSR count). The number of aryl methyl sites for hydroxylation is 1. The van der Waals surface area contributed by atoms with Gasteiger partial charge in [-0.05, 0) is 40.4 Å². The smallest absolute Gasteiger partial charge is 0.344 e. The Morgan fingerprint density at radius 2 is 2.07 bits per heavy atom. The van der Waals surface area contributed by atoms with Crippen molar-refractivity contribution < 1.29 is 14.5 Å². The Labute approximate surface area is 166 Å². The van der Waals surface area contributed by atoms with E-state index in [1.54, 1.807) is 13.1 Å². The summed E-state index contributed by atoms with van der Waals surface area (Å²) in [4.78, 5) is 23.5. The molecule has 0 aliphatic rings. The van der Waals surface area contributed by atoms with Crippen LogP contribution in [0.5, 0.6) is 5.75 Å². The molecule has 12 heteroatoms. The van der Waals surface area contributed by atoms with Crippen LogP contribution in [0.2, 0.25) is 10.0 Å². The van der Waals surface area contributed by atoms with Crippen molar-refractivity contribution >= 4 is 46.6 Å². The molecule has 0 spiro atoms. The van der Waals surface area contributed by atoms with Crippen LogP contribution < -0.4 is 4.74 Å². The third kappa shape index (κ3) is 4.18. The summed E-state index contributed by atoms with van der Waals surface area (Å²) in [6, 6.07) is 8.38. The second kappa shape index (κ2) is 7.91. The summed E-state index contributed by atoms with van der Waals surface area (Å²) in [6.07, 6.45) is 0. The zero-order valence-corrected chi connectivity index (χ0v) is 15.8. The van der Waals surface area contributed by atoms with Crippen LogP contribution in [-0.4, -0.2) is 31.1 Å². The van der Waals surface area contributed by atoms with Gasteiger partial charge in [-0.2, -0.15) is 0 Å². The molecule has 0 N–H and O–H groups in total. The van der Waals surface area contributed by atoms with Gasteiger partial charge in [0.2, 0.25) is 5.16 Å². The lowest BCUT2D eigenvalue weighted by molar-refractivity contribution is -0.384. The zero-order chi connectivity index (χ0) is 19.6. The summed E-state index contributed by atoms with van der Waals surface area (Å²) >= 11 is 13.0. The quantitative estimate of drug-likeness (QED) is 0.262. The van der Waals surface area contributed by atoms with Gasteiger partial charge in [0.25, 0.3) is 5.69 Å². The number of aromatic nitrogens is 4. The molecular formula is C15H9Cl2N5O4S. The van der Waals surface area contributed by atoms with Gasteiger partial charge in [-0.15, -0.1) is 5.10 Å². The number of nitrogens with zero attached hydrogens (tertiary/aromatic N) is 5. The standard InChI is InChI=1S/C15H9Cl2N5O4S/c1-21-15(18-19-20-21)27-12-6-5-8(22(24)25)7-9(12)14(23)26-11-4-2-3-10(16)13(11)17/h2-7H,1H3. The Balaban J connectivity index is 1.99. The van der Waals surface area contributed by atoms with Crippen molar-refractivity contribution in [1.29, 1.82) is 0 Å². The van der Waals surface area contributed by atoms with Gasteiger partial charge < -0.3 is 4.74 Å². The van der Waals surface area contributed by atoms with E-state index >= 15 is 0 Å². The van der Waals surface area contributed by atoms with Gasteiger partial charge in [-0.25, -0.2) is 9.48 Å². The average molecular weight is 426 g/mol. The first-order chi connectivity index (χ1) is 12.9. The Morgan fingerprint density at radius 1 is 1.30 bits per heavy atom. The van der Waals surface area contributed by atoms with E-state index in [0.717, 1.165) is 17.8 Å². The fraction of sp³-hybridized carbons (Fsp3) is 0.0667. The molecule has 0 atom stereocenters. The van der Waals surface area contributed by atoms with E-state index in [-0.39, 0.29) is 27.0 Å². The predicted octanol–water partition coefficient (Wildman–Crippen LogP) is 3.80. The first kappa shape index (κ1) is 19.1. The summed E-state index contributed by atoms with van der Waals surface area (Å²) in [5.41, 5.74) is -0.298. The number of hydrogen-bond donors (Lipinski definition) is 0. The highest BCUT2D eigenvalue weighted by atomic mass is 35.5. The number of nitro benzene ring substituents is 1. The zero-order valence-electron chi connectivity index (χ0n) is 13.5. The van der Waals surface area contributed by atoms with Gasteiger partial charge in [0.05, 0.1) is 15.5 Å². The average Bonchev–Trinajstić information content (AvgIpc) is 3.03. The number of ether oxygens (including phenoxy) is 1. The fourth-order valence-corrected chi connectivity index (χ4v) is 3.17. The van der Waals surface area contributed by atoms with E-state index in [1.807, 2.05) is 0 Å². The van der Waals surface area contributed by atoms with Gasteiger partial charge in [-0.1, -0.05) is 29.3 Å². The summed E-state index contributed by atoms with van der Waals surface area (Å²) < 4.78 is 6.69. The molecule has 0 bridgehead atoms. The van der Waals surface area contributed by atoms with Gasteiger partial charge >= 0.3 is 5.97 Å². The number of halogens is 2.